The molecule has 106 valence electrons. The van der Waals surface area contributed by atoms with Crippen molar-refractivity contribution in [3.8, 4) is 5.69 Å². The van der Waals surface area contributed by atoms with Crippen molar-refractivity contribution in [2.45, 2.75) is 19.4 Å². The van der Waals surface area contributed by atoms with Gasteiger partial charge in [-0.05, 0) is 31.5 Å². The van der Waals surface area contributed by atoms with Gasteiger partial charge in [-0.15, -0.1) is 0 Å². The van der Waals surface area contributed by atoms with E-state index in [9.17, 15) is 9.90 Å². The molecule has 1 unspecified atom stereocenters. The maximum atomic E-state index is 12.2. The van der Waals surface area contributed by atoms with Crippen molar-refractivity contribution in [1.29, 1.82) is 0 Å². The van der Waals surface area contributed by atoms with E-state index in [1.807, 2.05) is 30.3 Å². The predicted octanol–water partition coefficient (Wildman–Crippen LogP) is 1.72. The minimum absolute atomic E-state index is 0.139. The molecule has 1 aromatic heterocycles. The summed E-state index contributed by atoms with van der Waals surface area (Å²) in [4.78, 5) is 13.7. The van der Waals surface area contributed by atoms with Crippen LogP contribution in [0, 0.1) is 0 Å². The van der Waals surface area contributed by atoms with Gasteiger partial charge in [0, 0.05) is 19.8 Å². The maximum absolute atomic E-state index is 12.2. The Morgan fingerprint density at radius 1 is 1.35 bits per heavy atom. The van der Waals surface area contributed by atoms with Crippen LogP contribution in [0.4, 0.5) is 0 Å². The lowest BCUT2D eigenvalue weighted by Gasteiger charge is -2.16. The summed E-state index contributed by atoms with van der Waals surface area (Å²) in [5.74, 6) is -0.139. The predicted molar refractivity (Wildman–Crippen MR) is 76.8 cm³/mol. The summed E-state index contributed by atoms with van der Waals surface area (Å²) in [6.45, 7) is 2.22. The molecule has 0 radical (unpaired) electrons. The van der Waals surface area contributed by atoms with Crippen molar-refractivity contribution in [2.24, 2.45) is 0 Å². The third-order valence-electron chi connectivity index (χ3n) is 3.06. The molecule has 1 aromatic carbocycles. The summed E-state index contributed by atoms with van der Waals surface area (Å²) in [7, 11) is 1.71. The van der Waals surface area contributed by atoms with E-state index < -0.39 is 6.10 Å². The number of para-hydroxylation sites is 1. The highest BCUT2D eigenvalue weighted by molar-refractivity contribution is 5.92. The Hall–Kier alpha value is -2.14. The lowest BCUT2D eigenvalue weighted by molar-refractivity contribution is 0.0763. The Kier molecular flexibility index (Phi) is 4.53. The first-order valence-corrected chi connectivity index (χ1v) is 6.62. The van der Waals surface area contributed by atoms with Gasteiger partial charge in [0.05, 0.1) is 11.8 Å². The fraction of sp³-hybridized carbons (Fsp3) is 0.333. The maximum Gasteiger partial charge on any atom is 0.274 e. The van der Waals surface area contributed by atoms with Gasteiger partial charge in [0.2, 0.25) is 0 Å². The Balaban J connectivity index is 2.07. The van der Waals surface area contributed by atoms with Gasteiger partial charge in [-0.1, -0.05) is 18.2 Å². The van der Waals surface area contributed by atoms with Crippen molar-refractivity contribution in [3.63, 3.8) is 0 Å². The van der Waals surface area contributed by atoms with Crippen LogP contribution in [0.1, 0.15) is 23.8 Å². The number of aromatic nitrogens is 2. The smallest absolute Gasteiger partial charge is 0.274 e. The summed E-state index contributed by atoms with van der Waals surface area (Å²) in [5, 5.41) is 13.5. The van der Waals surface area contributed by atoms with E-state index in [0.29, 0.717) is 18.7 Å². The van der Waals surface area contributed by atoms with Crippen molar-refractivity contribution in [3.05, 3.63) is 48.3 Å². The molecule has 0 spiro atoms. The fourth-order valence-corrected chi connectivity index (χ4v) is 1.84. The average molecular weight is 273 g/mol. The van der Waals surface area contributed by atoms with Crippen molar-refractivity contribution < 1.29 is 9.90 Å². The van der Waals surface area contributed by atoms with E-state index >= 15 is 0 Å². The number of carbonyl (C=O) groups is 1. The van der Waals surface area contributed by atoms with Gasteiger partial charge in [0.1, 0.15) is 0 Å². The monoisotopic (exact) mass is 273 g/mol. The fourth-order valence-electron chi connectivity index (χ4n) is 1.84. The largest absolute Gasteiger partial charge is 0.393 e. The van der Waals surface area contributed by atoms with Crippen LogP contribution in [0.5, 0.6) is 0 Å². The molecule has 1 atom stereocenters. The number of hydrogen-bond donors (Lipinski definition) is 1. The number of carbonyl (C=O) groups excluding carboxylic acids is 1. The van der Waals surface area contributed by atoms with Crippen LogP contribution in [0.25, 0.3) is 5.69 Å². The van der Waals surface area contributed by atoms with Crippen LogP contribution in [-0.2, 0) is 0 Å². The van der Waals surface area contributed by atoms with Gasteiger partial charge in [-0.25, -0.2) is 4.68 Å². The number of hydrogen-bond acceptors (Lipinski definition) is 3. The van der Waals surface area contributed by atoms with E-state index in [1.165, 1.54) is 0 Å². The van der Waals surface area contributed by atoms with Gasteiger partial charge >= 0.3 is 0 Å². The number of benzene rings is 1. The summed E-state index contributed by atoms with van der Waals surface area (Å²) < 4.78 is 1.68. The molecular formula is C15H19N3O2. The zero-order valence-corrected chi connectivity index (χ0v) is 11.7. The molecule has 0 bridgehead atoms. The highest BCUT2D eigenvalue weighted by Gasteiger charge is 2.15. The number of aliphatic hydroxyl groups is 1. The standard InChI is InChI=1S/C15H19N3O2/c1-12(19)8-10-17(2)15(20)14-9-11-18(16-14)13-6-4-3-5-7-13/h3-7,9,11-12,19H,8,10H2,1-2H3. The first kappa shape index (κ1) is 14.3. The van der Waals surface area contributed by atoms with Gasteiger partial charge in [0.15, 0.2) is 5.69 Å². The molecule has 1 amide bonds. The van der Waals surface area contributed by atoms with Crippen molar-refractivity contribution in [1.82, 2.24) is 14.7 Å². The van der Waals surface area contributed by atoms with Crippen LogP contribution in [0.2, 0.25) is 0 Å². The molecule has 2 rings (SSSR count). The number of aliphatic hydroxyl groups excluding tert-OH is 1. The lowest BCUT2D eigenvalue weighted by atomic mass is 10.2. The topological polar surface area (TPSA) is 58.4 Å². The first-order chi connectivity index (χ1) is 9.58. The molecule has 2 aromatic rings. The van der Waals surface area contributed by atoms with Crippen LogP contribution < -0.4 is 0 Å². The second-order valence-corrected chi connectivity index (χ2v) is 4.85. The molecular weight excluding hydrogens is 254 g/mol. The van der Waals surface area contributed by atoms with E-state index in [-0.39, 0.29) is 5.91 Å². The lowest BCUT2D eigenvalue weighted by Crippen LogP contribution is -2.29. The Labute approximate surface area is 118 Å². The molecule has 20 heavy (non-hydrogen) atoms. The minimum atomic E-state index is -0.410. The van der Waals surface area contributed by atoms with Gasteiger partial charge in [-0.2, -0.15) is 5.10 Å². The van der Waals surface area contributed by atoms with E-state index in [4.69, 9.17) is 0 Å². The molecule has 1 heterocycles. The second kappa shape index (κ2) is 6.34. The zero-order chi connectivity index (χ0) is 14.5. The van der Waals surface area contributed by atoms with Crippen LogP contribution in [0.3, 0.4) is 0 Å². The SMILES string of the molecule is CC(O)CCN(C)C(=O)c1ccn(-c2ccccc2)n1. The van der Waals surface area contributed by atoms with E-state index in [2.05, 4.69) is 5.10 Å². The summed E-state index contributed by atoms with van der Waals surface area (Å²) >= 11 is 0. The molecule has 0 saturated heterocycles. The number of nitrogens with zero attached hydrogens (tertiary/aromatic N) is 3. The van der Waals surface area contributed by atoms with Gasteiger partial charge in [-0.3, -0.25) is 4.79 Å². The zero-order valence-electron chi connectivity index (χ0n) is 11.7. The minimum Gasteiger partial charge on any atom is -0.393 e. The van der Waals surface area contributed by atoms with Crippen molar-refractivity contribution in [2.75, 3.05) is 13.6 Å². The van der Waals surface area contributed by atoms with Gasteiger partial charge < -0.3 is 10.0 Å². The average Bonchev–Trinajstić information content (AvgIpc) is 2.94. The molecule has 1 N–H and O–H groups in total. The molecule has 5 nitrogen and oxygen atoms in total. The third kappa shape index (κ3) is 3.45. The van der Waals surface area contributed by atoms with Crippen LogP contribution in [0.15, 0.2) is 42.6 Å². The van der Waals surface area contributed by atoms with E-state index in [1.54, 1.807) is 35.8 Å². The number of rotatable bonds is 5. The summed E-state index contributed by atoms with van der Waals surface area (Å²) in [6.07, 6.45) is 1.92. The summed E-state index contributed by atoms with van der Waals surface area (Å²) in [5.41, 5.74) is 1.32. The Morgan fingerprint density at radius 2 is 2.05 bits per heavy atom. The highest BCUT2D eigenvalue weighted by atomic mass is 16.3. The molecule has 0 saturated carbocycles. The summed E-state index contributed by atoms with van der Waals surface area (Å²) in [6, 6.07) is 11.3. The Bertz CT molecular complexity index is 564. The molecule has 0 aliphatic heterocycles. The molecule has 0 fully saturated rings. The quantitative estimate of drug-likeness (QED) is 0.902. The van der Waals surface area contributed by atoms with E-state index in [0.717, 1.165) is 5.69 Å². The second-order valence-electron chi connectivity index (χ2n) is 4.85. The van der Waals surface area contributed by atoms with Crippen LogP contribution >= 0.6 is 0 Å². The Morgan fingerprint density at radius 3 is 2.70 bits per heavy atom. The van der Waals surface area contributed by atoms with Crippen molar-refractivity contribution >= 4 is 5.91 Å². The molecule has 0 aliphatic rings. The first-order valence-electron chi connectivity index (χ1n) is 6.62. The van der Waals surface area contributed by atoms with Crippen LogP contribution in [-0.4, -0.2) is 45.4 Å². The highest BCUT2D eigenvalue weighted by Crippen LogP contribution is 2.08. The number of amides is 1. The third-order valence-corrected chi connectivity index (χ3v) is 3.06. The molecule has 5 heteroatoms. The van der Waals surface area contributed by atoms with Gasteiger partial charge in [0.25, 0.3) is 5.91 Å². The normalized spacial score (nSPS) is 12.2. The molecule has 0 aliphatic carbocycles.